The molecule has 0 spiro atoms. The highest BCUT2D eigenvalue weighted by molar-refractivity contribution is 6.13. The van der Waals surface area contributed by atoms with Crippen molar-refractivity contribution in [1.82, 2.24) is 0 Å². The van der Waals surface area contributed by atoms with Gasteiger partial charge >= 0.3 is 5.97 Å². The Balaban J connectivity index is 1.76. The molecule has 21 heavy (non-hydrogen) atoms. The SMILES string of the molecule is O=C1Oc2ccccc2C(=O)C1C/C=C/c1ccccc1. The molecule has 0 saturated carbocycles. The van der Waals surface area contributed by atoms with Gasteiger partial charge in [0.15, 0.2) is 5.78 Å². The van der Waals surface area contributed by atoms with Crippen LogP contribution in [0.1, 0.15) is 22.3 Å². The summed E-state index contributed by atoms with van der Waals surface area (Å²) in [6.45, 7) is 0. The van der Waals surface area contributed by atoms with Crippen molar-refractivity contribution in [3.05, 3.63) is 71.8 Å². The van der Waals surface area contributed by atoms with Crippen LogP contribution in [0.4, 0.5) is 0 Å². The molecule has 0 bridgehead atoms. The van der Waals surface area contributed by atoms with Crippen LogP contribution in [0.15, 0.2) is 60.7 Å². The number of ether oxygens (including phenoxy) is 1. The fourth-order valence-electron chi connectivity index (χ4n) is 2.34. The maximum atomic E-state index is 12.3. The molecule has 3 nitrogen and oxygen atoms in total. The molecule has 1 unspecified atom stereocenters. The Hall–Kier alpha value is -2.68. The predicted octanol–water partition coefficient (Wildman–Crippen LogP) is 3.51. The summed E-state index contributed by atoms with van der Waals surface area (Å²) >= 11 is 0. The zero-order chi connectivity index (χ0) is 14.7. The first-order chi connectivity index (χ1) is 10.3. The van der Waals surface area contributed by atoms with E-state index in [-0.39, 0.29) is 5.78 Å². The molecule has 0 radical (unpaired) electrons. The first kappa shape index (κ1) is 13.3. The molecule has 3 rings (SSSR count). The van der Waals surface area contributed by atoms with Gasteiger partial charge < -0.3 is 4.74 Å². The van der Waals surface area contributed by atoms with Crippen LogP contribution in [0.2, 0.25) is 0 Å². The number of hydrogen-bond acceptors (Lipinski definition) is 3. The van der Waals surface area contributed by atoms with Crippen molar-refractivity contribution in [3.63, 3.8) is 0 Å². The lowest BCUT2D eigenvalue weighted by Crippen LogP contribution is -2.33. The second-order valence-electron chi connectivity index (χ2n) is 4.88. The summed E-state index contributed by atoms with van der Waals surface area (Å²) in [4.78, 5) is 24.3. The lowest BCUT2D eigenvalue weighted by molar-refractivity contribution is -0.137. The van der Waals surface area contributed by atoms with E-state index in [4.69, 9.17) is 4.74 Å². The van der Waals surface area contributed by atoms with Crippen molar-refractivity contribution in [2.24, 2.45) is 5.92 Å². The number of ketones is 1. The van der Waals surface area contributed by atoms with E-state index in [0.717, 1.165) is 5.56 Å². The summed E-state index contributed by atoms with van der Waals surface area (Å²) in [7, 11) is 0. The van der Waals surface area contributed by atoms with Crippen molar-refractivity contribution >= 4 is 17.8 Å². The standard InChI is InChI=1S/C18H14O3/c19-17-14-10-4-5-12-16(14)21-18(20)15(17)11-6-9-13-7-2-1-3-8-13/h1-10,12,15H,11H2/b9-6+. The van der Waals surface area contributed by atoms with E-state index in [2.05, 4.69) is 0 Å². The minimum absolute atomic E-state index is 0.167. The van der Waals surface area contributed by atoms with Crippen LogP contribution in [0.3, 0.4) is 0 Å². The molecule has 2 aromatic rings. The van der Waals surface area contributed by atoms with Gasteiger partial charge in [-0.1, -0.05) is 54.6 Å². The van der Waals surface area contributed by atoms with Crippen molar-refractivity contribution < 1.29 is 14.3 Å². The monoisotopic (exact) mass is 278 g/mol. The average molecular weight is 278 g/mol. The Bertz CT molecular complexity index is 701. The lowest BCUT2D eigenvalue weighted by Gasteiger charge is -2.20. The molecule has 0 saturated heterocycles. The fraction of sp³-hybridized carbons (Fsp3) is 0.111. The molecule has 0 aliphatic carbocycles. The molecule has 0 N–H and O–H groups in total. The molecular formula is C18H14O3. The third-order valence-electron chi connectivity index (χ3n) is 3.45. The number of para-hydroxylation sites is 1. The number of hydrogen-bond donors (Lipinski definition) is 0. The molecule has 104 valence electrons. The molecule has 1 aliphatic heterocycles. The maximum absolute atomic E-state index is 12.3. The average Bonchev–Trinajstić information content (AvgIpc) is 2.51. The highest BCUT2D eigenvalue weighted by atomic mass is 16.5. The van der Waals surface area contributed by atoms with Crippen LogP contribution in [0.25, 0.3) is 6.08 Å². The van der Waals surface area contributed by atoms with Gasteiger partial charge in [-0.15, -0.1) is 0 Å². The summed E-state index contributed by atoms with van der Waals surface area (Å²) in [6, 6.07) is 16.6. The van der Waals surface area contributed by atoms with E-state index in [1.807, 2.05) is 42.5 Å². The summed E-state index contributed by atoms with van der Waals surface area (Å²) in [5.74, 6) is -1.04. The first-order valence-corrected chi connectivity index (χ1v) is 6.82. The van der Waals surface area contributed by atoms with Crippen LogP contribution in [-0.4, -0.2) is 11.8 Å². The van der Waals surface area contributed by atoms with E-state index in [1.54, 1.807) is 24.3 Å². The van der Waals surface area contributed by atoms with Crippen molar-refractivity contribution in [3.8, 4) is 5.75 Å². The molecular weight excluding hydrogens is 264 g/mol. The number of rotatable bonds is 3. The number of Topliss-reactive ketones (excluding diaryl/α,β-unsaturated/α-hetero) is 1. The molecule has 3 heteroatoms. The topological polar surface area (TPSA) is 43.4 Å². The van der Waals surface area contributed by atoms with Crippen molar-refractivity contribution in [1.29, 1.82) is 0 Å². The van der Waals surface area contributed by atoms with Crippen molar-refractivity contribution in [2.75, 3.05) is 0 Å². The third kappa shape index (κ3) is 2.77. The molecule has 0 aromatic heterocycles. The van der Waals surface area contributed by atoms with Gasteiger partial charge in [0.05, 0.1) is 5.56 Å². The second-order valence-corrected chi connectivity index (χ2v) is 4.88. The van der Waals surface area contributed by atoms with Gasteiger partial charge in [0.1, 0.15) is 11.7 Å². The minimum Gasteiger partial charge on any atom is -0.425 e. The van der Waals surface area contributed by atoms with E-state index in [1.165, 1.54) is 0 Å². The van der Waals surface area contributed by atoms with E-state index in [9.17, 15) is 9.59 Å². The first-order valence-electron chi connectivity index (χ1n) is 6.82. The van der Waals surface area contributed by atoms with Gasteiger partial charge in [-0.25, -0.2) is 0 Å². The summed E-state index contributed by atoms with van der Waals surface area (Å²) < 4.78 is 5.22. The molecule has 1 atom stereocenters. The van der Waals surface area contributed by atoms with Crippen LogP contribution < -0.4 is 4.74 Å². The fourth-order valence-corrected chi connectivity index (χ4v) is 2.34. The Morgan fingerprint density at radius 3 is 2.48 bits per heavy atom. The second kappa shape index (κ2) is 5.75. The predicted molar refractivity (Wildman–Crippen MR) is 80.0 cm³/mol. The molecule has 0 amide bonds. The van der Waals surface area contributed by atoms with E-state index < -0.39 is 11.9 Å². The Morgan fingerprint density at radius 2 is 1.67 bits per heavy atom. The smallest absolute Gasteiger partial charge is 0.322 e. The van der Waals surface area contributed by atoms with Crippen molar-refractivity contribution in [2.45, 2.75) is 6.42 Å². The van der Waals surface area contributed by atoms with Gasteiger partial charge in [-0.05, 0) is 24.1 Å². The number of carbonyl (C=O) groups is 2. The zero-order valence-electron chi connectivity index (χ0n) is 11.4. The molecule has 1 heterocycles. The quantitative estimate of drug-likeness (QED) is 0.490. The summed E-state index contributed by atoms with van der Waals surface area (Å²) in [5.41, 5.74) is 1.52. The van der Waals surface area contributed by atoms with Gasteiger partial charge in [0, 0.05) is 0 Å². The van der Waals surface area contributed by atoms with E-state index >= 15 is 0 Å². The zero-order valence-corrected chi connectivity index (χ0v) is 11.4. The number of esters is 1. The number of fused-ring (bicyclic) bond motifs is 1. The van der Waals surface area contributed by atoms with Crippen LogP contribution in [0, 0.1) is 5.92 Å². The van der Waals surface area contributed by atoms with Gasteiger partial charge in [0.2, 0.25) is 0 Å². The highest BCUT2D eigenvalue weighted by Crippen LogP contribution is 2.29. The normalized spacial score (nSPS) is 17.6. The summed E-state index contributed by atoms with van der Waals surface area (Å²) in [5, 5.41) is 0. The van der Waals surface area contributed by atoms with Crippen LogP contribution in [0.5, 0.6) is 5.75 Å². The molecule has 0 fully saturated rings. The van der Waals surface area contributed by atoms with Crippen LogP contribution >= 0.6 is 0 Å². The number of allylic oxidation sites excluding steroid dienone is 1. The lowest BCUT2D eigenvalue weighted by atomic mass is 9.91. The minimum atomic E-state index is -0.750. The maximum Gasteiger partial charge on any atom is 0.322 e. The van der Waals surface area contributed by atoms with Gasteiger partial charge in [0.25, 0.3) is 0 Å². The van der Waals surface area contributed by atoms with Crippen LogP contribution in [-0.2, 0) is 4.79 Å². The van der Waals surface area contributed by atoms with E-state index in [0.29, 0.717) is 17.7 Å². The largest absolute Gasteiger partial charge is 0.425 e. The summed E-state index contributed by atoms with van der Waals surface area (Å²) in [6.07, 6.45) is 4.09. The highest BCUT2D eigenvalue weighted by Gasteiger charge is 2.35. The Labute approximate surface area is 122 Å². The number of benzene rings is 2. The van der Waals surface area contributed by atoms with Gasteiger partial charge in [-0.2, -0.15) is 0 Å². The molecule has 1 aliphatic rings. The number of carbonyl (C=O) groups excluding carboxylic acids is 2. The molecule has 2 aromatic carbocycles. The Morgan fingerprint density at radius 1 is 0.952 bits per heavy atom. The Kier molecular flexibility index (Phi) is 3.65. The van der Waals surface area contributed by atoms with Gasteiger partial charge in [-0.3, -0.25) is 9.59 Å². The third-order valence-corrected chi connectivity index (χ3v) is 3.45.